The second-order valence-corrected chi connectivity index (χ2v) is 8.88. The van der Waals surface area contributed by atoms with Crippen molar-refractivity contribution in [1.29, 1.82) is 0 Å². The van der Waals surface area contributed by atoms with E-state index in [2.05, 4.69) is 5.32 Å². The summed E-state index contributed by atoms with van der Waals surface area (Å²) in [6, 6.07) is 13.8. The molecule has 6 nitrogen and oxygen atoms in total. The standard InChI is InChI=1S/C22H26N2O4S/c1-28-20-10-6-8-18(16-20)12-13-22(25)23-19-9-7-11-21(17-19)29(26,27)24-14-4-2-3-5-15-24/h6-13,16-17H,2-5,14-15H2,1H3,(H,23,25)/b13-12+. The van der Waals surface area contributed by atoms with Gasteiger partial charge < -0.3 is 10.1 Å². The van der Waals surface area contributed by atoms with Crippen LogP contribution in [0.1, 0.15) is 31.2 Å². The zero-order valence-corrected chi connectivity index (χ0v) is 17.3. The van der Waals surface area contributed by atoms with E-state index in [1.54, 1.807) is 35.7 Å². The van der Waals surface area contributed by atoms with E-state index in [1.165, 1.54) is 12.1 Å². The fraction of sp³-hybridized carbons (Fsp3) is 0.318. The second kappa shape index (κ2) is 9.71. The van der Waals surface area contributed by atoms with E-state index < -0.39 is 10.0 Å². The zero-order valence-electron chi connectivity index (χ0n) is 16.5. The number of amides is 1. The van der Waals surface area contributed by atoms with Crippen LogP contribution in [0, 0.1) is 0 Å². The first-order valence-corrected chi connectivity index (χ1v) is 11.2. The Hall–Kier alpha value is -2.64. The van der Waals surface area contributed by atoms with Crippen molar-refractivity contribution in [3.8, 4) is 5.75 Å². The van der Waals surface area contributed by atoms with Gasteiger partial charge in [-0.2, -0.15) is 4.31 Å². The molecular formula is C22H26N2O4S. The molecule has 0 saturated carbocycles. The summed E-state index contributed by atoms with van der Waals surface area (Å²) in [4.78, 5) is 12.5. The first kappa shape index (κ1) is 21.1. The van der Waals surface area contributed by atoms with E-state index in [0.717, 1.165) is 31.2 Å². The van der Waals surface area contributed by atoms with Gasteiger partial charge in [-0.3, -0.25) is 4.79 Å². The average Bonchev–Trinajstić information content (AvgIpc) is 3.03. The number of anilines is 1. The number of hydrogen-bond donors (Lipinski definition) is 1. The Kier molecular flexibility index (Phi) is 7.06. The first-order chi connectivity index (χ1) is 14.0. The Bertz CT molecular complexity index is 978. The van der Waals surface area contributed by atoms with Crippen LogP contribution in [0.3, 0.4) is 0 Å². The normalized spacial score (nSPS) is 15.8. The molecule has 29 heavy (non-hydrogen) atoms. The van der Waals surface area contributed by atoms with Gasteiger partial charge in [-0.15, -0.1) is 0 Å². The maximum Gasteiger partial charge on any atom is 0.248 e. The van der Waals surface area contributed by atoms with Crippen molar-refractivity contribution in [3.05, 3.63) is 60.2 Å². The maximum absolute atomic E-state index is 12.9. The van der Waals surface area contributed by atoms with Crippen molar-refractivity contribution < 1.29 is 17.9 Å². The summed E-state index contributed by atoms with van der Waals surface area (Å²) in [6.45, 7) is 1.09. The summed E-state index contributed by atoms with van der Waals surface area (Å²) >= 11 is 0. The van der Waals surface area contributed by atoms with Gasteiger partial charge in [0.05, 0.1) is 12.0 Å². The minimum atomic E-state index is -3.56. The van der Waals surface area contributed by atoms with Gasteiger partial charge in [0.2, 0.25) is 15.9 Å². The highest BCUT2D eigenvalue weighted by molar-refractivity contribution is 7.89. The molecule has 154 valence electrons. The van der Waals surface area contributed by atoms with Crippen LogP contribution in [0.15, 0.2) is 59.5 Å². The van der Waals surface area contributed by atoms with Crippen LogP contribution in [-0.4, -0.2) is 38.8 Å². The molecule has 0 unspecified atom stereocenters. The lowest BCUT2D eigenvalue weighted by Gasteiger charge is -2.20. The van der Waals surface area contributed by atoms with E-state index in [4.69, 9.17) is 4.74 Å². The third-order valence-corrected chi connectivity index (χ3v) is 6.72. The predicted molar refractivity (Wildman–Crippen MR) is 114 cm³/mol. The Morgan fingerprint density at radius 1 is 1.03 bits per heavy atom. The molecule has 0 radical (unpaired) electrons. The Labute approximate surface area is 172 Å². The molecule has 7 heteroatoms. The smallest absolute Gasteiger partial charge is 0.248 e. The molecule has 1 fully saturated rings. The third kappa shape index (κ3) is 5.68. The molecule has 1 saturated heterocycles. The van der Waals surface area contributed by atoms with E-state index in [9.17, 15) is 13.2 Å². The molecule has 0 atom stereocenters. The topological polar surface area (TPSA) is 75.7 Å². The fourth-order valence-corrected chi connectivity index (χ4v) is 4.83. The molecular weight excluding hydrogens is 388 g/mol. The van der Waals surface area contributed by atoms with Crippen molar-refractivity contribution in [3.63, 3.8) is 0 Å². The molecule has 1 amide bonds. The van der Waals surface area contributed by atoms with Crippen LogP contribution in [0.5, 0.6) is 5.75 Å². The lowest BCUT2D eigenvalue weighted by molar-refractivity contribution is -0.111. The minimum absolute atomic E-state index is 0.203. The number of carbonyl (C=O) groups excluding carboxylic acids is 1. The molecule has 3 rings (SSSR count). The molecule has 2 aromatic carbocycles. The fourth-order valence-electron chi connectivity index (χ4n) is 3.27. The molecule has 1 heterocycles. The van der Waals surface area contributed by atoms with Crippen molar-refractivity contribution in [2.45, 2.75) is 30.6 Å². The predicted octanol–water partition coefficient (Wildman–Crippen LogP) is 3.91. The summed E-state index contributed by atoms with van der Waals surface area (Å²) in [5.74, 6) is 0.371. The molecule has 2 aromatic rings. The number of rotatable bonds is 6. The number of carbonyl (C=O) groups is 1. The van der Waals surface area contributed by atoms with Crippen LogP contribution in [-0.2, 0) is 14.8 Å². The SMILES string of the molecule is COc1cccc(/C=C/C(=O)Nc2cccc(S(=O)(=O)N3CCCCCC3)c2)c1. The van der Waals surface area contributed by atoms with Crippen LogP contribution >= 0.6 is 0 Å². The number of ether oxygens (including phenoxy) is 1. The monoisotopic (exact) mass is 414 g/mol. The summed E-state index contributed by atoms with van der Waals surface area (Å²) in [7, 11) is -1.97. The molecule has 0 aromatic heterocycles. The molecule has 1 aliphatic heterocycles. The van der Waals surface area contributed by atoms with E-state index >= 15 is 0 Å². The quantitative estimate of drug-likeness (QED) is 0.727. The van der Waals surface area contributed by atoms with Gasteiger partial charge in [0, 0.05) is 24.9 Å². The second-order valence-electron chi connectivity index (χ2n) is 6.95. The summed E-state index contributed by atoms with van der Waals surface area (Å²) in [5.41, 5.74) is 1.28. The number of hydrogen-bond acceptors (Lipinski definition) is 4. The van der Waals surface area contributed by atoms with Crippen LogP contribution in [0.25, 0.3) is 6.08 Å². The Morgan fingerprint density at radius 2 is 1.76 bits per heavy atom. The number of nitrogens with zero attached hydrogens (tertiary/aromatic N) is 1. The number of sulfonamides is 1. The lowest BCUT2D eigenvalue weighted by atomic mass is 10.2. The van der Waals surface area contributed by atoms with Crippen molar-refractivity contribution in [2.24, 2.45) is 0 Å². The lowest BCUT2D eigenvalue weighted by Crippen LogP contribution is -2.32. The Morgan fingerprint density at radius 3 is 2.48 bits per heavy atom. The zero-order chi connectivity index (χ0) is 20.7. The number of nitrogens with one attached hydrogen (secondary N) is 1. The van der Waals surface area contributed by atoms with Crippen LogP contribution < -0.4 is 10.1 Å². The van der Waals surface area contributed by atoms with Crippen molar-refractivity contribution >= 4 is 27.7 Å². The van der Waals surface area contributed by atoms with Crippen molar-refractivity contribution in [2.75, 3.05) is 25.5 Å². The van der Waals surface area contributed by atoms with E-state index in [1.807, 2.05) is 24.3 Å². The first-order valence-electron chi connectivity index (χ1n) is 9.72. The highest BCUT2D eigenvalue weighted by Crippen LogP contribution is 2.23. The van der Waals surface area contributed by atoms with Crippen LogP contribution in [0.4, 0.5) is 5.69 Å². The van der Waals surface area contributed by atoms with Gasteiger partial charge in [0.1, 0.15) is 5.75 Å². The van der Waals surface area contributed by atoms with Gasteiger partial charge >= 0.3 is 0 Å². The van der Waals surface area contributed by atoms with Gasteiger partial charge in [0.25, 0.3) is 0 Å². The summed E-state index contributed by atoms with van der Waals surface area (Å²) in [5, 5.41) is 2.73. The largest absolute Gasteiger partial charge is 0.497 e. The van der Waals surface area contributed by atoms with E-state index in [0.29, 0.717) is 24.5 Å². The molecule has 0 spiro atoms. The molecule has 0 aliphatic carbocycles. The highest BCUT2D eigenvalue weighted by atomic mass is 32.2. The molecule has 1 N–H and O–H groups in total. The average molecular weight is 415 g/mol. The van der Waals surface area contributed by atoms with Crippen LogP contribution in [0.2, 0.25) is 0 Å². The molecule has 0 bridgehead atoms. The maximum atomic E-state index is 12.9. The van der Waals surface area contributed by atoms with Gasteiger partial charge in [-0.1, -0.05) is 31.0 Å². The Balaban J connectivity index is 1.70. The van der Waals surface area contributed by atoms with Crippen molar-refractivity contribution in [1.82, 2.24) is 4.31 Å². The summed E-state index contributed by atoms with van der Waals surface area (Å²) < 4.78 is 32.6. The number of methoxy groups -OCH3 is 1. The number of benzene rings is 2. The highest BCUT2D eigenvalue weighted by Gasteiger charge is 2.25. The summed E-state index contributed by atoms with van der Waals surface area (Å²) in [6.07, 6.45) is 6.96. The van der Waals surface area contributed by atoms with Gasteiger partial charge in [-0.05, 0) is 54.8 Å². The third-order valence-electron chi connectivity index (χ3n) is 4.83. The van der Waals surface area contributed by atoms with Gasteiger partial charge in [0.15, 0.2) is 0 Å². The van der Waals surface area contributed by atoms with E-state index in [-0.39, 0.29) is 10.8 Å². The van der Waals surface area contributed by atoms with Gasteiger partial charge in [-0.25, -0.2) is 8.42 Å². The minimum Gasteiger partial charge on any atom is -0.497 e. The molecule has 1 aliphatic rings.